The van der Waals surface area contributed by atoms with Crippen LogP contribution in [0.3, 0.4) is 0 Å². The van der Waals surface area contributed by atoms with Gasteiger partial charge < -0.3 is 10.6 Å². The van der Waals surface area contributed by atoms with Crippen LogP contribution in [0.1, 0.15) is 18.9 Å². The third-order valence-electron chi connectivity index (χ3n) is 4.03. The van der Waals surface area contributed by atoms with E-state index in [2.05, 4.69) is 10.6 Å². The predicted molar refractivity (Wildman–Crippen MR) is 99.9 cm³/mol. The van der Waals surface area contributed by atoms with Gasteiger partial charge in [0.15, 0.2) is 0 Å². The number of nitrogens with one attached hydrogen (secondary N) is 2. The SMILES string of the molecule is CC(=O)Nc1ccc(N2C(=O)C[C@@H](NCc3cccc(Cl)c3)C2=O)cc1. The first kappa shape index (κ1) is 18.1. The molecule has 2 aromatic rings. The summed E-state index contributed by atoms with van der Waals surface area (Å²) in [4.78, 5) is 37.2. The minimum absolute atomic E-state index is 0.104. The lowest BCUT2D eigenvalue weighted by atomic mass is 10.2. The summed E-state index contributed by atoms with van der Waals surface area (Å²) in [5.74, 6) is -0.730. The molecule has 1 atom stereocenters. The second-order valence-corrected chi connectivity index (χ2v) is 6.50. The number of rotatable bonds is 5. The van der Waals surface area contributed by atoms with Gasteiger partial charge in [-0.15, -0.1) is 0 Å². The topological polar surface area (TPSA) is 78.5 Å². The van der Waals surface area contributed by atoms with Gasteiger partial charge in [0.25, 0.3) is 5.91 Å². The maximum absolute atomic E-state index is 12.6. The van der Waals surface area contributed by atoms with Gasteiger partial charge in [-0.2, -0.15) is 0 Å². The monoisotopic (exact) mass is 371 g/mol. The van der Waals surface area contributed by atoms with E-state index in [4.69, 9.17) is 11.6 Å². The smallest absolute Gasteiger partial charge is 0.251 e. The Kier molecular flexibility index (Phi) is 5.35. The van der Waals surface area contributed by atoms with Gasteiger partial charge in [0, 0.05) is 24.2 Å². The van der Waals surface area contributed by atoms with E-state index in [-0.39, 0.29) is 24.1 Å². The summed E-state index contributed by atoms with van der Waals surface area (Å²) < 4.78 is 0. The fourth-order valence-corrected chi connectivity index (χ4v) is 3.06. The highest BCUT2D eigenvalue weighted by molar-refractivity contribution is 6.30. The molecule has 3 rings (SSSR count). The molecule has 1 aliphatic heterocycles. The lowest BCUT2D eigenvalue weighted by Crippen LogP contribution is -2.38. The molecule has 0 bridgehead atoms. The minimum atomic E-state index is -0.573. The van der Waals surface area contributed by atoms with Gasteiger partial charge >= 0.3 is 0 Å². The molecule has 2 N–H and O–H groups in total. The molecule has 0 unspecified atom stereocenters. The molecule has 1 aliphatic rings. The zero-order chi connectivity index (χ0) is 18.7. The summed E-state index contributed by atoms with van der Waals surface area (Å²) in [6, 6.07) is 13.4. The summed E-state index contributed by atoms with van der Waals surface area (Å²) in [7, 11) is 0. The Balaban J connectivity index is 1.67. The molecule has 0 spiro atoms. The summed E-state index contributed by atoms with van der Waals surface area (Å²) in [6.45, 7) is 1.86. The molecule has 0 aliphatic carbocycles. The van der Waals surface area contributed by atoms with Gasteiger partial charge in [-0.1, -0.05) is 23.7 Å². The normalized spacial score (nSPS) is 16.8. The van der Waals surface area contributed by atoms with Crippen molar-refractivity contribution in [2.75, 3.05) is 10.2 Å². The lowest BCUT2D eigenvalue weighted by molar-refractivity contribution is -0.121. The molecule has 1 heterocycles. The number of hydrogen-bond donors (Lipinski definition) is 2. The standard InChI is InChI=1S/C19H18ClN3O3/c1-12(24)22-15-5-7-16(8-6-15)23-18(25)10-17(19(23)26)21-11-13-3-2-4-14(20)9-13/h2-9,17,21H,10-11H2,1H3,(H,22,24)/t17-/m1/s1. The highest BCUT2D eigenvalue weighted by atomic mass is 35.5. The molecule has 1 saturated heterocycles. The van der Waals surface area contributed by atoms with Crippen molar-refractivity contribution in [3.05, 3.63) is 59.1 Å². The van der Waals surface area contributed by atoms with Gasteiger partial charge in [-0.3, -0.25) is 14.4 Å². The number of imide groups is 1. The second kappa shape index (κ2) is 7.68. The first-order valence-corrected chi connectivity index (χ1v) is 8.54. The molecule has 6 nitrogen and oxygen atoms in total. The number of benzene rings is 2. The van der Waals surface area contributed by atoms with Crippen LogP contribution in [0.25, 0.3) is 0 Å². The minimum Gasteiger partial charge on any atom is -0.326 e. The van der Waals surface area contributed by atoms with Gasteiger partial charge in [0.05, 0.1) is 18.2 Å². The van der Waals surface area contributed by atoms with Gasteiger partial charge in [-0.25, -0.2) is 4.90 Å². The average molecular weight is 372 g/mol. The van der Waals surface area contributed by atoms with Crippen molar-refractivity contribution >= 4 is 40.7 Å². The molecule has 3 amide bonds. The van der Waals surface area contributed by atoms with E-state index in [1.807, 2.05) is 18.2 Å². The van der Waals surface area contributed by atoms with Crippen molar-refractivity contribution in [2.24, 2.45) is 0 Å². The van der Waals surface area contributed by atoms with Crippen LogP contribution in [0.4, 0.5) is 11.4 Å². The Hall–Kier alpha value is -2.70. The van der Waals surface area contributed by atoms with Crippen LogP contribution in [0.5, 0.6) is 0 Å². The first-order chi connectivity index (χ1) is 12.4. The number of carbonyl (C=O) groups excluding carboxylic acids is 3. The molecular weight excluding hydrogens is 354 g/mol. The van der Waals surface area contributed by atoms with Crippen LogP contribution in [-0.2, 0) is 20.9 Å². The van der Waals surface area contributed by atoms with E-state index < -0.39 is 6.04 Å². The fourth-order valence-electron chi connectivity index (χ4n) is 2.85. The quantitative estimate of drug-likeness (QED) is 0.792. The molecule has 7 heteroatoms. The van der Waals surface area contributed by atoms with Crippen LogP contribution >= 0.6 is 11.6 Å². The number of nitrogens with zero attached hydrogens (tertiary/aromatic N) is 1. The van der Waals surface area contributed by atoms with E-state index in [1.165, 1.54) is 11.8 Å². The molecule has 0 saturated carbocycles. The Bertz CT molecular complexity index is 851. The van der Waals surface area contributed by atoms with Crippen molar-refractivity contribution in [1.29, 1.82) is 0 Å². The number of hydrogen-bond acceptors (Lipinski definition) is 4. The Labute approximate surface area is 156 Å². The summed E-state index contributed by atoms with van der Waals surface area (Å²) >= 11 is 5.96. The number of anilines is 2. The summed E-state index contributed by atoms with van der Waals surface area (Å²) in [5, 5.41) is 6.39. The van der Waals surface area contributed by atoms with Crippen LogP contribution in [0, 0.1) is 0 Å². The largest absolute Gasteiger partial charge is 0.326 e. The fraction of sp³-hybridized carbons (Fsp3) is 0.211. The first-order valence-electron chi connectivity index (χ1n) is 8.16. The maximum Gasteiger partial charge on any atom is 0.251 e. The van der Waals surface area contributed by atoms with Crippen molar-refractivity contribution < 1.29 is 14.4 Å². The number of carbonyl (C=O) groups is 3. The average Bonchev–Trinajstić information content (AvgIpc) is 2.87. The molecular formula is C19H18ClN3O3. The Morgan fingerprint density at radius 3 is 2.58 bits per heavy atom. The van der Waals surface area contributed by atoms with Crippen molar-refractivity contribution in [1.82, 2.24) is 5.32 Å². The highest BCUT2D eigenvalue weighted by Gasteiger charge is 2.39. The summed E-state index contributed by atoms with van der Waals surface area (Å²) in [6.07, 6.45) is 0.104. The van der Waals surface area contributed by atoms with E-state index in [9.17, 15) is 14.4 Å². The van der Waals surface area contributed by atoms with Crippen LogP contribution in [-0.4, -0.2) is 23.8 Å². The highest BCUT2D eigenvalue weighted by Crippen LogP contribution is 2.25. The van der Waals surface area contributed by atoms with Crippen molar-refractivity contribution in [2.45, 2.75) is 25.9 Å². The van der Waals surface area contributed by atoms with Gasteiger partial charge in [-0.05, 0) is 42.0 Å². The van der Waals surface area contributed by atoms with E-state index >= 15 is 0 Å². The summed E-state index contributed by atoms with van der Waals surface area (Å²) in [5.41, 5.74) is 2.04. The molecule has 26 heavy (non-hydrogen) atoms. The Morgan fingerprint density at radius 2 is 1.92 bits per heavy atom. The lowest BCUT2D eigenvalue weighted by Gasteiger charge is -2.16. The number of amides is 3. The van der Waals surface area contributed by atoms with Crippen molar-refractivity contribution in [3.8, 4) is 0 Å². The molecule has 1 fully saturated rings. The second-order valence-electron chi connectivity index (χ2n) is 6.06. The zero-order valence-electron chi connectivity index (χ0n) is 14.2. The zero-order valence-corrected chi connectivity index (χ0v) is 14.9. The van der Waals surface area contributed by atoms with Gasteiger partial charge in [0.1, 0.15) is 0 Å². The van der Waals surface area contributed by atoms with Gasteiger partial charge in [0.2, 0.25) is 11.8 Å². The predicted octanol–water partition coefficient (Wildman–Crippen LogP) is 2.72. The van der Waals surface area contributed by atoms with Crippen LogP contribution in [0.2, 0.25) is 5.02 Å². The molecule has 2 aromatic carbocycles. The molecule has 0 aromatic heterocycles. The Morgan fingerprint density at radius 1 is 1.19 bits per heavy atom. The van der Waals surface area contributed by atoms with E-state index in [1.54, 1.807) is 30.3 Å². The molecule has 134 valence electrons. The van der Waals surface area contributed by atoms with E-state index in [0.717, 1.165) is 5.56 Å². The number of halogens is 1. The van der Waals surface area contributed by atoms with Crippen molar-refractivity contribution in [3.63, 3.8) is 0 Å². The maximum atomic E-state index is 12.6. The van der Waals surface area contributed by atoms with Crippen LogP contribution < -0.4 is 15.5 Å². The van der Waals surface area contributed by atoms with Crippen LogP contribution in [0.15, 0.2) is 48.5 Å². The van der Waals surface area contributed by atoms with E-state index in [0.29, 0.717) is 22.9 Å². The third kappa shape index (κ3) is 4.09. The molecule has 0 radical (unpaired) electrons. The third-order valence-corrected chi connectivity index (χ3v) is 4.27.